The molecular weight excluding hydrogens is 253 g/mol. The molecule has 0 heterocycles. The van der Waals surface area contributed by atoms with Crippen molar-refractivity contribution in [2.24, 2.45) is 0 Å². The second-order valence-corrected chi connectivity index (χ2v) is 4.97. The Hall–Kier alpha value is -1.87. The number of phenols is 1. The van der Waals surface area contributed by atoms with E-state index in [9.17, 15) is 9.50 Å². The van der Waals surface area contributed by atoms with Gasteiger partial charge in [-0.2, -0.15) is 0 Å². The zero-order valence-corrected chi connectivity index (χ0v) is 11.8. The van der Waals surface area contributed by atoms with Crippen LogP contribution in [0.25, 0.3) is 0 Å². The van der Waals surface area contributed by atoms with Gasteiger partial charge in [0.2, 0.25) is 0 Å². The quantitative estimate of drug-likeness (QED) is 0.849. The topological polar surface area (TPSA) is 32.3 Å². The van der Waals surface area contributed by atoms with E-state index < -0.39 is 0 Å². The summed E-state index contributed by atoms with van der Waals surface area (Å²) in [5, 5.41) is 12.7. The summed E-state index contributed by atoms with van der Waals surface area (Å²) < 4.78 is 13.9. The maximum atomic E-state index is 13.9. The van der Waals surface area contributed by atoms with Crippen molar-refractivity contribution < 1.29 is 9.50 Å². The van der Waals surface area contributed by atoms with Gasteiger partial charge < -0.3 is 10.4 Å². The highest BCUT2D eigenvalue weighted by Gasteiger charge is 2.16. The highest BCUT2D eigenvalue weighted by molar-refractivity contribution is 5.30. The number of rotatable bonds is 5. The summed E-state index contributed by atoms with van der Waals surface area (Å²) in [7, 11) is 0. The molecule has 3 heteroatoms. The highest BCUT2D eigenvalue weighted by Crippen LogP contribution is 2.25. The molecule has 2 unspecified atom stereocenters. The summed E-state index contributed by atoms with van der Waals surface area (Å²) in [6, 6.07) is 14.5. The number of hydrogen-bond donors (Lipinski definition) is 2. The molecule has 2 nitrogen and oxygen atoms in total. The van der Waals surface area contributed by atoms with E-state index in [0.29, 0.717) is 5.56 Å². The number of hydrogen-bond acceptors (Lipinski definition) is 2. The summed E-state index contributed by atoms with van der Waals surface area (Å²) in [4.78, 5) is 0. The first-order chi connectivity index (χ1) is 9.61. The lowest BCUT2D eigenvalue weighted by molar-refractivity contribution is 0.436. The standard InChI is InChI=1S/C17H20FNO/c1-3-17(13-7-5-4-6-8-13)19-12(2)15-10-9-14(20)11-16(15)18/h4-12,17,19-20H,3H2,1-2H3. The van der Waals surface area contributed by atoms with Gasteiger partial charge in [0.1, 0.15) is 11.6 Å². The summed E-state index contributed by atoms with van der Waals surface area (Å²) in [6.07, 6.45) is 0.925. The third-order valence-electron chi connectivity index (χ3n) is 3.51. The molecule has 0 aliphatic rings. The molecule has 0 spiro atoms. The lowest BCUT2D eigenvalue weighted by Crippen LogP contribution is -2.24. The molecule has 2 aromatic carbocycles. The van der Waals surface area contributed by atoms with Crippen molar-refractivity contribution in [3.63, 3.8) is 0 Å². The molecule has 2 aromatic rings. The van der Waals surface area contributed by atoms with Crippen molar-refractivity contribution in [3.05, 3.63) is 65.5 Å². The highest BCUT2D eigenvalue weighted by atomic mass is 19.1. The smallest absolute Gasteiger partial charge is 0.131 e. The molecule has 0 amide bonds. The Labute approximate surface area is 119 Å². The summed E-state index contributed by atoms with van der Waals surface area (Å²) in [5.74, 6) is -0.429. The van der Waals surface area contributed by atoms with E-state index in [4.69, 9.17) is 0 Å². The molecule has 0 saturated carbocycles. The lowest BCUT2D eigenvalue weighted by atomic mass is 10.0. The van der Waals surface area contributed by atoms with Crippen LogP contribution >= 0.6 is 0 Å². The minimum atomic E-state index is -0.382. The Morgan fingerprint density at radius 2 is 1.85 bits per heavy atom. The number of aromatic hydroxyl groups is 1. The fourth-order valence-corrected chi connectivity index (χ4v) is 2.39. The van der Waals surface area contributed by atoms with E-state index in [1.54, 1.807) is 6.07 Å². The van der Waals surface area contributed by atoms with Crippen LogP contribution in [0, 0.1) is 5.82 Å². The van der Waals surface area contributed by atoms with Crippen LogP contribution in [0.2, 0.25) is 0 Å². The van der Waals surface area contributed by atoms with Gasteiger partial charge in [0.05, 0.1) is 0 Å². The normalized spacial score (nSPS) is 13.9. The van der Waals surface area contributed by atoms with E-state index in [0.717, 1.165) is 12.5 Å². The van der Waals surface area contributed by atoms with Gasteiger partial charge in [-0.1, -0.05) is 43.3 Å². The summed E-state index contributed by atoms with van der Waals surface area (Å²) >= 11 is 0. The average molecular weight is 273 g/mol. The first kappa shape index (κ1) is 14.5. The van der Waals surface area contributed by atoms with Gasteiger partial charge in [-0.3, -0.25) is 0 Å². The van der Waals surface area contributed by atoms with Crippen LogP contribution < -0.4 is 5.32 Å². The molecular formula is C17H20FNO. The lowest BCUT2D eigenvalue weighted by Gasteiger charge is -2.23. The monoisotopic (exact) mass is 273 g/mol. The van der Waals surface area contributed by atoms with Crippen LogP contribution in [0.4, 0.5) is 4.39 Å². The molecule has 2 rings (SSSR count). The molecule has 20 heavy (non-hydrogen) atoms. The molecule has 2 atom stereocenters. The van der Waals surface area contributed by atoms with Crippen LogP contribution in [0.5, 0.6) is 5.75 Å². The van der Waals surface area contributed by atoms with Gasteiger partial charge in [-0.25, -0.2) is 4.39 Å². The molecule has 0 radical (unpaired) electrons. The molecule has 2 N–H and O–H groups in total. The summed E-state index contributed by atoms with van der Waals surface area (Å²) in [6.45, 7) is 4.03. The van der Waals surface area contributed by atoms with E-state index >= 15 is 0 Å². The van der Waals surface area contributed by atoms with Crippen molar-refractivity contribution >= 4 is 0 Å². The predicted octanol–water partition coefficient (Wildman–Crippen LogP) is 4.33. The molecule has 0 aliphatic carbocycles. The van der Waals surface area contributed by atoms with Crippen molar-refractivity contribution in [3.8, 4) is 5.75 Å². The van der Waals surface area contributed by atoms with Crippen LogP contribution in [0.1, 0.15) is 43.5 Å². The second kappa shape index (κ2) is 6.53. The first-order valence-corrected chi connectivity index (χ1v) is 6.91. The van der Waals surface area contributed by atoms with Crippen molar-refractivity contribution in [1.29, 1.82) is 0 Å². The maximum absolute atomic E-state index is 13.9. The van der Waals surface area contributed by atoms with Crippen molar-refractivity contribution in [1.82, 2.24) is 5.32 Å². The molecule has 0 aliphatic heterocycles. The van der Waals surface area contributed by atoms with Crippen LogP contribution in [-0.2, 0) is 0 Å². The Bertz CT molecular complexity index is 556. The van der Waals surface area contributed by atoms with Crippen LogP contribution in [-0.4, -0.2) is 5.11 Å². The van der Waals surface area contributed by atoms with Gasteiger partial charge in [0.25, 0.3) is 0 Å². The second-order valence-electron chi connectivity index (χ2n) is 4.97. The summed E-state index contributed by atoms with van der Waals surface area (Å²) in [5.41, 5.74) is 1.76. The van der Waals surface area contributed by atoms with E-state index in [-0.39, 0.29) is 23.7 Å². The van der Waals surface area contributed by atoms with Gasteiger partial charge in [-0.05, 0) is 25.0 Å². The first-order valence-electron chi connectivity index (χ1n) is 6.91. The Morgan fingerprint density at radius 1 is 1.15 bits per heavy atom. The maximum Gasteiger partial charge on any atom is 0.131 e. The van der Waals surface area contributed by atoms with Gasteiger partial charge >= 0.3 is 0 Å². The zero-order valence-electron chi connectivity index (χ0n) is 11.8. The Morgan fingerprint density at radius 3 is 2.45 bits per heavy atom. The van der Waals surface area contributed by atoms with E-state index in [1.165, 1.54) is 11.6 Å². The Balaban J connectivity index is 2.15. The Kier molecular flexibility index (Phi) is 4.74. The molecule has 0 saturated heterocycles. The third kappa shape index (κ3) is 3.36. The van der Waals surface area contributed by atoms with Gasteiger partial charge in [0.15, 0.2) is 0 Å². The van der Waals surface area contributed by atoms with Gasteiger partial charge in [-0.15, -0.1) is 0 Å². The van der Waals surface area contributed by atoms with Crippen molar-refractivity contribution in [2.75, 3.05) is 0 Å². The number of halogens is 1. The SMILES string of the molecule is CCC(NC(C)c1ccc(O)cc1F)c1ccccc1. The largest absolute Gasteiger partial charge is 0.508 e. The molecule has 0 fully saturated rings. The van der Waals surface area contributed by atoms with E-state index in [1.807, 2.05) is 25.1 Å². The average Bonchev–Trinajstić information content (AvgIpc) is 2.45. The number of benzene rings is 2. The van der Waals surface area contributed by atoms with Crippen LogP contribution in [0.15, 0.2) is 48.5 Å². The fourth-order valence-electron chi connectivity index (χ4n) is 2.39. The van der Waals surface area contributed by atoms with Gasteiger partial charge in [0, 0.05) is 23.7 Å². The predicted molar refractivity (Wildman–Crippen MR) is 79.1 cm³/mol. The molecule has 0 aromatic heterocycles. The van der Waals surface area contributed by atoms with Crippen molar-refractivity contribution in [2.45, 2.75) is 32.4 Å². The third-order valence-corrected chi connectivity index (χ3v) is 3.51. The minimum Gasteiger partial charge on any atom is -0.508 e. The fraction of sp³-hybridized carbons (Fsp3) is 0.294. The molecule has 106 valence electrons. The molecule has 0 bridgehead atoms. The van der Waals surface area contributed by atoms with E-state index in [2.05, 4.69) is 24.4 Å². The number of nitrogens with one attached hydrogen (secondary N) is 1. The van der Waals surface area contributed by atoms with Crippen LogP contribution in [0.3, 0.4) is 0 Å². The zero-order chi connectivity index (χ0) is 14.5. The minimum absolute atomic E-state index is 0.0476. The number of phenolic OH excluding ortho intramolecular Hbond substituents is 1.